The van der Waals surface area contributed by atoms with E-state index in [0.717, 1.165) is 36.8 Å². The average molecular weight is 287 g/mol. The molecule has 0 radical (unpaired) electrons. The molecule has 1 atom stereocenters. The second-order valence-corrected chi connectivity index (χ2v) is 5.98. The van der Waals surface area contributed by atoms with E-state index in [1.807, 2.05) is 19.2 Å². The zero-order valence-corrected chi connectivity index (χ0v) is 12.3. The van der Waals surface area contributed by atoms with Gasteiger partial charge >= 0.3 is 0 Å². The molecule has 2 heterocycles. The maximum atomic E-state index is 12.4. The Kier molecular flexibility index (Phi) is 4.01. The van der Waals surface area contributed by atoms with Gasteiger partial charge in [0, 0.05) is 25.0 Å². The predicted molar refractivity (Wildman–Crippen MR) is 78.3 cm³/mol. The predicted octanol–water partition coefficient (Wildman–Crippen LogP) is 1.55. The standard InChI is InChI=1S/C16H21N3O2/c1-11-9-17-7-6-12(11)10-18-14-8-15(20)19(16(14)21)13-4-2-3-5-13/h6-7,9,13-14,18H,2-5,8,10H2,1H3. The van der Waals surface area contributed by atoms with Crippen LogP contribution in [0, 0.1) is 6.92 Å². The van der Waals surface area contributed by atoms with Gasteiger partial charge in [-0.15, -0.1) is 0 Å². The lowest BCUT2D eigenvalue weighted by Crippen LogP contribution is -2.42. The van der Waals surface area contributed by atoms with Crippen molar-refractivity contribution in [2.24, 2.45) is 0 Å². The molecule has 0 aromatic carbocycles. The van der Waals surface area contributed by atoms with Crippen LogP contribution in [0.3, 0.4) is 0 Å². The molecular weight excluding hydrogens is 266 g/mol. The molecule has 21 heavy (non-hydrogen) atoms. The Labute approximate surface area is 124 Å². The van der Waals surface area contributed by atoms with Gasteiger partial charge in [-0.3, -0.25) is 19.5 Å². The summed E-state index contributed by atoms with van der Waals surface area (Å²) in [5.74, 6) is -0.0607. The van der Waals surface area contributed by atoms with Crippen molar-refractivity contribution >= 4 is 11.8 Å². The molecule has 1 aliphatic heterocycles. The first-order chi connectivity index (χ1) is 10.2. The van der Waals surface area contributed by atoms with Crippen molar-refractivity contribution < 1.29 is 9.59 Å². The van der Waals surface area contributed by atoms with Gasteiger partial charge in [-0.2, -0.15) is 0 Å². The summed E-state index contributed by atoms with van der Waals surface area (Å²) in [5.41, 5.74) is 2.21. The van der Waals surface area contributed by atoms with Crippen LogP contribution in [0.1, 0.15) is 43.2 Å². The largest absolute Gasteiger partial charge is 0.301 e. The molecule has 1 saturated carbocycles. The zero-order chi connectivity index (χ0) is 14.8. The molecule has 1 saturated heterocycles. The highest BCUT2D eigenvalue weighted by Gasteiger charge is 2.42. The van der Waals surface area contributed by atoms with E-state index in [-0.39, 0.29) is 23.9 Å². The Morgan fingerprint density at radius 2 is 2.10 bits per heavy atom. The minimum atomic E-state index is -0.370. The van der Waals surface area contributed by atoms with Gasteiger partial charge in [-0.25, -0.2) is 0 Å². The third-order valence-electron chi connectivity index (χ3n) is 4.55. The Balaban J connectivity index is 1.63. The van der Waals surface area contributed by atoms with Gasteiger partial charge in [0.05, 0.1) is 12.5 Å². The van der Waals surface area contributed by atoms with E-state index in [9.17, 15) is 9.59 Å². The van der Waals surface area contributed by atoms with Crippen LogP contribution in [0.2, 0.25) is 0 Å². The molecule has 1 aliphatic carbocycles. The third kappa shape index (κ3) is 2.83. The molecule has 0 spiro atoms. The van der Waals surface area contributed by atoms with Crippen molar-refractivity contribution in [3.05, 3.63) is 29.6 Å². The highest BCUT2D eigenvalue weighted by atomic mass is 16.2. The van der Waals surface area contributed by atoms with Crippen molar-refractivity contribution in [1.82, 2.24) is 15.2 Å². The molecule has 1 unspecified atom stereocenters. The molecule has 112 valence electrons. The van der Waals surface area contributed by atoms with Crippen molar-refractivity contribution in [1.29, 1.82) is 0 Å². The first kappa shape index (κ1) is 14.2. The molecule has 5 heteroatoms. The normalized spacial score (nSPS) is 23.3. The lowest BCUT2D eigenvalue weighted by atomic mass is 10.1. The van der Waals surface area contributed by atoms with Crippen molar-refractivity contribution in [3.63, 3.8) is 0 Å². The van der Waals surface area contributed by atoms with E-state index in [0.29, 0.717) is 13.0 Å². The van der Waals surface area contributed by atoms with E-state index in [4.69, 9.17) is 0 Å². The number of aryl methyl sites for hydroxylation is 1. The SMILES string of the molecule is Cc1cnccc1CNC1CC(=O)N(C2CCCC2)C1=O. The molecule has 1 aromatic rings. The summed E-state index contributed by atoms with van der Waals surface area (Å²) in [5, 5.41) is 3.23. The number of nitrogens with one attached hydrogen (secondary N) is 1. The summed E-state index contributed by atoms with van der Waals surface area (Å²) in [6, 6.07) is 1.71. The maximum absolute atomic E-state index is 12.4. The Morgan fingerprint density at radius 1 is 1.33 bits per heavy atom. The monoisotopic (exact) mass is 287 g/mol. The number of rotatable bonds is 4. The topological polar surface area (TPSA) is 62.3 Å². The fourth-order valence-electron chi connectivity index (χ4n) is 3.29. The number of likely N-dealkylation sites (tertiary alicyclic amines) is 1. The van der Waals surface area contributed by atoms with Crippen molar-refractivity contribution in [3.8, 4) is 0 Å². The summed E-state index contributed by atoms with van der Waals surface area (Å²) in [6.45, 7) is 2.59. The number of hydrogen-bond acceptors (Lipinski definition) is 4. The van der Waals surface area contributed by atoms with Gasteiger partial charge in [0.1, 0.15) is 0 Å². The molecule has 5 nitrogen and oxygen atoms in total. The maximum Gasteiger partial charge on any atom is 0.247 e. The fourth-order valence-corrected chi connectivity index (χ4v) is 3.29. The summed E-state index contributed by atoms with van der Waals surface area (Å²) in [4.78, 5) is 30.1. The highest BCUT2D eigenvalue weighted by Crippen LogP contribution is 2.28. The summed E-state index contributed by atoms with van der Waals surface area (Å²) >= 11 is 0. The van der Waals surface area contributed by atoms with Crippen LogP contribution in [0.5, 0.6) is 0 Å². The van der Waals surface area contributed by atoms with Crippen LogP contribution >= 0.6 is 0 Å². The first-order valence-corrected chi connectivity index (χ1v) is 7.65. The van der Waals surface area contributed by atoms with Crippen molar-refractivity contribution in [2.45, 2.75) is 57.7 Å². The van der Waals surface area contributed by atoms with Gasteiger partial charge in [0.2, 0.25) is 11.8 Å². The second-order valence-electron chi connectivity index (χ2n) is 5.98. The summed E-state index contributed by atoms with van der Waals surface area (Å²) in [6.07, 6.45) is 8.02. The lowest BCUT2D eigenvalue weighted by molar-refractivity contribution is -0.141. The molecule has 2 aliphatic rings. The summed E-state index contributed by atoms with van der Waals surface area (Å²) < 4.78 is 0. The zero-order valence-electron chi connectivity index (χ0n) is 12.3. The van der Waals surface area contributed by atoms with E-state index in [2.05, 4.69) is 10.3 Å². The smallest absolute Gasteiger partial charge is 0.247 e. The molecule has 1 N–H and O–H groups in total. The van der Waals surface area contributed by atoms with Crippen LogP contribution in [0.4, 0.5) is 0 Å². The number of nitrogens with zero attached hydrogens (tertiary/aromatic N) is 2. The van der Waals surface area contributed by atoms with Gasteiger partial charge in [0.15, 0.2) is 0 Å². The fraction of sp³-hybridized carbons (Fsp3) is 0.562. The van der Waals surface area contributed by atoms with Crippen LogP contribution in [0.25, 0.3) is 0 Å². The van der Waals surface area contributed by atoms with E-state index >= 15 is 0 Å². The van der Waals surface area contributed by atoms with Crippen LogP contribution < -0.4 is 5.32 Å². The molecule has 2 amide bonds. The van der Waals surface area contributed by atoms with Gasteiger partial charge in [-0.05, 0) is 37.0 Å². The number of carbonyl (C=O) groups is 2. The number of pyridine rings is 1. The van der Waals surface area contributed by atoms with Crippen LogP contribution in [0.15, 0.2) is 18.5 Å². The molecule has 1 aromatic heterocycles. The highest BCUT2D eigenvalue weighted by molar-refractivity contribution is 6.05. The van der Waals surface area contributed by atoms with Crippen LogP contribution in [-0.4, -0.2) is 33.8 Å². The first-order valence-electron chi connectivity index (χ1n) is 7.65. The quantitative estimate of drug-likeness (QED) is 0.854. The Morgan fingerprint density at radius 3 is 2.81 bits per heavy atom. The molecule has 0 bridgehead atoms. The average Bonchev–Trinajstić information content (AvgIpc) is 3.07. The number of aromatic nitrogens is 1. The molecule has 3 rings (SSSR count). The van der Waals surface area contributed by atoms with Crippen molar-refractivity contribution in [2.75, 3.05) is 0 Å². The minimum absolute atomic E-state index is 0.0177. The number of amides is 2. The minimum Gasteiger partial charge on any atom is -0.301 e. The Bertz CT molecular complexity index is 552. The third-order valence-corrected chi connectivity index (χ3v) is 4.55. The Hall–Kier alpha value is -1.75. The number of hydrogen-bond donors (Lipinski definition) is 1. The lowest BCUT2D eigenvalue weighted by Gasteiger charge is -2.22. The molecular formula is C16H21N3O2. The van der Waals surface area contributed by atoms with E-state index < -0.39 is 0 Å². The summed E-state index contributed by atoms with van der Waals surface area (Å²) in [7, 11) is 0. The molecule has 2 fully saturated rings. The van der Waals surface area contributed by atoms with Gasteiger partial charge in [0.25, 0.3) is 0 Å². The second kappa shape index (κ2) is 5.93. The van der Waals surface area contributed by atoms with E-state index in [1.54, 1.807) is 6.20 Å². The number of carbonyl (C=O) groups excluding carboxylic acids is 2. The van der Waals surface area contributed by atoms with Gasteiger partial charge < -0.3 is 5.32 Å². The van der Waals surface area contributed by atoms with E-state index in [1.165, 1.54) is 4.90 Å². The number of imide groups is 1. The van der Waals surface area contributed by atoms with Crippen LogP contribution in [-0.2, 0) is 16.1 Å². The van der Waals surface area contributed by atoms with Gasteiger partial charge in [-0.1, -0.05) is 12.8 Å².